The predicted octanol–water partition coefficient (Wildman–Crippen LogP) is 1.73. The van der Waals surface area contributed by atoms with Crippen LogP contribution in [0.3, 0.4) is 0 Å². The van der Waals surface area contributed by atoms with E-state index in [0.717, 1.165) is 5.57 Å². The van der Waals surface area contributed by atoms with E-state index in [1.54, 1.807) is 13.8 Å². The minimum absolute atomic E-state index is 0.221. The second-order valence-electron chi connectivity index (χ2n) is 7.26. The molecule has 0 rings (SSSR count). The van der Waals surface area contributed by atoms with Gasteiger partial charge in [-0.1, -0.05) is 32.4 Å². The molecule has 3 N–H and O–H groups in total. The number of hydrogen-bond acceptors (Lipinski definition) is 5. The van der Waals surface area contributed by atoms with Crippen molar-refractivity contribution in [3.63, 3.8) is 0 Å². The highest BCUT2D eigenvalue weighted by molar-refractivity contribution is 7.86. The molecule has 7 heteroatoms. The molecule has 0 aromatic heterocycles. The topological polar surface area (TPSA) is 98.5 Å². The number of carbonyl (C=O) groups is 1. The number of nitrogens with one attached hydrogen (secondary N) is 1. The number of carbonyl (C=O) groups excluding carboxylic acids is 1. The van der Waals surface area contributed by atoms with Crippen molar-refractivity contribution in [2.24, 2.45) is 17.2 Å². The quantitative estimate of drug-likeness (QED) is 0.573. The standard InChI is InChI=1S/C14H28N2O4S/c1-10(2)8-11(13(3,4)5)12(17)16-14(6,7)9-21(18,19)20-15/h8,11H,9,15H2,1-7H3,(H,16,17). The highest BCUT2D eigenvalue weighted by Gasteiger charge is 2.34. The average molecular weight is 320 g/mol. The van der Waals surface area contributed by atoms with Crippen molar-refractivity contribution in [1.82, 2.24) is 5.32 Å². The Hall–Kier alpha value is -0.920. The molecule has 1 unspecified atom stereocenters. The van der Waals surface area contributed by atoms with Gasteiger partial charge in [-0.25, -0.2) is 0 Å². The van der Waals surface area contributed by atoms with Gasteiger partial charge in [-0.05, 0) is 33.1 Å². The molecule has 0 radical (unpaired) electrons. The first-order valence-electron chi connectivity index (χ1n) is 6.78. The lowest BCUT2D eigenvalue weighted by molar-refractivity contribution is -0.127. The molecule has 0 aliphatic rings. The number of rotatable bonds is 6. The van der Waals surface area contributed by atoms with Crippen molar-refractivity contribution in [2.45, 2.75) is 54.0 Å². The van der Waals surface area contributed by atoms with Gasteiger partial charge in [-0.15, -0.1) is 0 Å². The van der Waals surface area contributed by atoms with Crippen LogP contribution in [-0.2, 0) is 19.2 Å². The van der Waals surface area contributed by atoms with Crippen molar-refractivity contribution >= 4 is 16.0 Å². The zero-order valence-electron chi connectivity index (χ0n) is 14.0. The first kappa shape index (κ1) is 20.1. The van der Waals surface area contributed by atoms with E-state index in [1.165, 1.54) is 0 Å². The van der Waals surface area contributed by atoms with Crippen LogP contribution in [0.25, 0.3) is 0 Å². The summed E-state index contributed by atoms with van der Waals surface area (Å²) in [7, 11) is -3.86. The van der Waals surface area contributed by atoms with Gasteiger partial charge < -0.3 is 5.32 Å². The predicted molar refractivity (Wildman–Crippen MR) is 83.7 cm³/mol. The van der Waals surface area contributed by atoms with Crippen LogP contribution in [0, 0.1) is 11.3 Å². The lowest BCUT2D eigenvalue weighted by atomic mass is 9.79. The summed E-state index contributed by atoms with van der Waals surface area (Å²) in [5, 5.41) is 2.76. The Labute approximate surface area is 128 Å². The second kappa shape index (κ2) is 6.89. The number of hydrogen-bond donors (Lipinski definition) is 2. The van der Waals surface area contributed by atoms with E-state index in [4.69, 9.17) is 5.90 Å². The molecular formula is C14H28N2O4S. The fraction of sp³-hybridized carbons (Fsp3) is 0.786. The summed E-state index contributed by atoms with van der Waals surface area (Å²) in [5.41, 5.74) is -0.226. The largest absolute Gasteiger partial charge is 0.350 e. The second-order valence-corrected chi connectivity index (χ2v) is 8.86. The lowest BCUT2D eigenvalue weighted by Gasteiger charge is -2.32. The molecule has 0 aliphatic heterocycles. The molecule has 0 fully saturated rings. The maximum atomic E-state index is 12.5. The summed E-state index contributed by atoms with van der Waals surface area (Å²) in [6.45, 7) is 13.0. The van der Waals surface area contributed by atoms with E-state index in [9.17, 15) is 13.2 Å². The Morgan fingerprint density at radius 3 is 2.05 bits per heavy atom. The van der Waals surface area contributed by atoms with Crippen LogP contribution in [0.15, 0.2) is 11.6 Å². The van der Waals surface area contributed by atoms with Gasteiger partial charge in [-0.2, -0.15) is 18.6 Å². The Balaban J connectivity index is 5.20. The van der Waals surface area contributed by atoms with Gasteiger partial charge in [0.05, 0.1) is 17.2 Å². The van der Waals surface area contributed by atoms with E-state index >= 15 is 0 Å². The first-order chi connectivity index (χ1) is 9.20. The van der Waals surface area contributed by atoms with Crippen molar-refractivity contribution in [3.05, 3.63) is 11.6 Å². The van der Waals surface area contributed by atoms with Crippen molar-refractivity contribution in [2.75, 3.05) is 5.75 Å². The van der Waals surface area contributed by atoms with Crippen LogP contribution < -0.4 is 11.2 Å². The summed E-state index contributed by atoms with van der Waals surface area (Å²) in [6.07, 6.45) is 1.89. The van der Waals surface area contributed by atoms with E-state index in [-0.39, 0.29) is 17.2 Å². The SMILES string of the molecule is CC(C)=CC(C(=O)NC(C)(C)CS(=O)(=O)ON)C(C)(C)C. The van der Waals surface area contributed by atoms with Crippen LogP contribution in [0.2, 0.25) is 0 Å². The van der Waals surface area contributed by atoms with E-state index in [2.05, 4.69) is 9.60 Å². The summed E-state index contributed by atoms with van der Waals surface area (Å²) in [4.78, 5) is 12.5. The molecule has 1 amide bonds. The molecule has 0 spiro atoms. The van der Waals surface area contributed by atoms with E-state index < -0.39 is 21.4 Å². The van der Waals surface area contributed by atoms with Crippen LogP contribution in [0.1, 0.15) is 48.5 Å². The van der Waals surface area contributed by atoms with Gasteiger partial charge in [0.15, 0.2) is 0 Å². The van der Waals surface area contributed by atoms with Gasteiger partial charge in [0.2, 0.25) is 5.91 Å². The average Bonchev–Trinajstić information content (AvgIpc) is 2.21. The van der Waals surface area contributed by atoms with Gasteiger partial charge in [0, 0.05) is 0 Å². The Morgan fingerprint density at radius 1 is 1.24 bits per heavy atom. The van der Waals surface area contributed by atoms with Crippen LogP contribution in [0.5, 0.6) is 0 Å². The molecule has 0 heterocycles. The Bertz CT molecular complexity index is 498. The number of amides is 1. The molecule has 0 aromatic rings. The molecule has 21 heavy (non-hydrogen) atoms. The number of nitrogens with two attached hydrogens (primary N) is 1. The third-order valence-corrected chi connectivity index (χ3v) is 4.23. The first-order valence-corrected chi connectivity index (χ1v) is 8.36. The fourth-order valence-electron chi connectivity index (χ4n) is 1.98. The summed E-state index contributed by atoms with van der Waals surface area (Å²) >= 11 is 0. The maximum absolute atomic E-state index is 12.5. The van der Waals surface area contributed by atoms with Crippen LogP contribution in [0.4, 0.5) is 0 Å². The van der Waals surface area contributed by atoms with Crippen molar-refractivity contribution in [1.29, 1.82) is 0 Å². The highest BCUT2D eigenvalue weighted by Crippen LogP contribution is 2.29. The van der Waals surface area contributed by atoms with Gasteiger partial charge in [-0.3, -0.25) is 4.79 Å². The van der Waals surface area contributed by atoms with E-state index in [1.807, 2.05) is 40.7 Å². The maximum Gasteiger partial charge on any atom is 0.285 e. The molecule has 6 nitrogen and oxygen atoms in total. The Morgan fingerprint density at radius 2 is 1.71 bits per heavy atom. The van der Waals surface area contributed by atoms with Crippen molar-refractivity contribution in [3.8, 4) is 0 Å². The normalized spacial score (nSPS) is 14.5. The highest BCUT2D eigenvalue weighted by atomic mass is 32.2. The molecular weight excluding hydrogens is 292 g/mol. The fourth-order valence-corrected chi connectivity index (χ4v) is 3.00. The molecule has 1 atom stereocenters. The third kappa shape index (κ3) is 7.59. The summed E-state index contributed by atoms with van der Waals surface area (Å²) < 4.78 is 26.8. The van der Waals surface area contributed by atoms with E-state index in [0.29, 0.717) is 0 Å². The Kier molecular flexibility index (Phi) is 6.59. The molecule has 124 valence electrons. The molecule has 0 aromatic carbocycles. The zero-order chi connectivity index (χ0) is 17.1. The minimum atomic E-state index is -3.86. The van der Waals surface area contributed by atoms with Gasteiger partial charge in [0.1, 0.15) is 0 Å². The van der Waals surface area contributed by atoms with Gasteiger partial charge >= 0.3 is 0 Å². The molecule has 0 saturated heterocycles. The van der Waals surface area contributed by atoms with Crippen LogP contribution in [-0.4, -0.2) is 25.6 Å². The monoisotopic (exact) mass is 320 g/mol. The molecule has 0 saturated carbocycles. The van der Waals surface area contributed by atoms with Gasteiger partial charge in [0.25, 0.3) is 10.1 Å². The summed E-state index contributed by atoms with van der Waals surface area (Å²) in [6, 6.07) is 0. The smallest absolute Gasteiger partial charge is 0.285 e. The zero-order valence-corrected chi connectivity index (χ0v) is 14.8. The van der Waals surface area contributed by atoms with Crippen LogP contribution >= 0.6 is 0 Å². The third-order valence-electron chi connectivity index (χ3n) is 2.86. The molecule has 0 aliphatic carbocycles. The summed E-state index contributed by atoms with van der Waals surface area (Å²) in [5.74, 6) is 3.75. The lowest BCUT2D eigenvalue weighted by Crippen LogP contribution is -2.52. The number of allylic oxidation sites excluding steroid dienone is 1. The van der Waals surface area contributed by atoms with Crippen molar-refractivity contribution < 1.29 is 17.5 Å². The minimum Gasteiger partial charge on any atom is -0.350 e. The molecule has 0 bridgehead atoms.